The number of aliphatic hydroxyl groups excluding tert-OH is 1. The van der Waals surface area contributed by atoms with Crippen LogP contribution < -0.4 is 9.64 Å². The molecule has 0 aliphatic heterocycles. The van der Waals surface area contributed by atoms with Crippen molar-refractivity contribution >= 4 is 28.6 Å². The molecule has 0 amide bonds. The average molecular weight is 312 g/mol. The van der Waals surface area contributed by atoms with Gasteiger partial charge in [0.1, 0.15) is 5.75 Å². The highest BCUT2D eigenvalue weighted by atomic mass is 35.5. The second kappa shape index (κ2) is 7.53. The molecule has 0 fully saturated rings. The van der Waals surface area contributed by atoms with E-state index in [-0.39, 0.29) is 5.88 Å². The van der Waals surface area contributed by atoms with Crippen LogP contribution in [0.4, 0.5) is 5.69 Å². The number of methoxy groups -OCH3 is 1. The lowest BCUT2D eigenvalue weighted by atomic mass is 10.2. The van der Waals surface area contributed by atoms with Gasteiger partial charge in [-0.2, -0.15) is 0 Å². The number of halogens is 1. The van der Waals surface area contributed by atoms with Crippen molar-refractivity contribution in [1.29, 1.82) is 0 Å². The van der Waals surface area contributed by atoms with Gasteiger partial charge in [0.2, 0.25) is 0 Å². The lowest BCUT2D eigenvalue weighted by Gasteiger charge is -2.26. The molecule has 0 aliphatic rings. The maximum atomic E-state index is 9.82. The zero-order valence-electron chi connectivity index (χ0n) is 11.3. The summed E-state index contributed by atoms with van der Waals surface area (Å²) in [5, 5.41) is 11.9. The van der Waals surface area contributed by atoms with E-state index < -0.39 is 6.10 Å². The molecule has 0 saturated heterocycles. The Labute approximate surface area is 128 Å². The van der Waals surface area contributed by atoms with Crippen LogP contribution in [0, 0.1) is 0 Å². The van der Waals surface area contributed by atoms with E-state index in [1.807, 2.05) is 30.3 Å². The van der Waals surface area contributed by atoms with Gasteiger partial charge in [0.05, 0.1) is 25.6 Å². The van der Waals surface area contributed by atoms with E-state index in [1.165, 1.54) is 4.88 Å². The molecule has 0 aliphatic carbocycles. The third kappa shape index (κ3) is 4.13. The first-order valence-corrected chi connectivity index (χ1v) is 7.79. The third-order valence-corrected chi connectivity index (χ3v) is 4.19. The standard InChI is InChI=1S/C15H18ClNO2S/c1-19-14-6-4-12(5-7-14)17(10-13(18)9-16)11-15-3-2-8-20-15/h2-8,13,18H,9-11H2,1H3. The molecule has 0 spiro atoms. The largest absolute Gasteiger partial charge is 0.497 e. The molecule has 20 heavy (non-hydrogen) atoms. The highest BCUT2D eigenvalue weighted by molar-refractivity contribution is 7.09. The highest BCUT2D eigenvalue weighted by Crippen LogP contribution is 2.23. The summed E-state index contributed by atoms with van der Waals surface area (Å²) in [5.74, 6) is 1.06. The van der Waals surface area contributed by atoms with E-state index in [9.17, 15) is 5.11 Å². The van der Waals surface area contributed by atoms with Crippen LogP contribution in [-0.4, -0.2) is 30.7 Å². The van der Waals surface area contributed by atoms with E-state index in [1.54, 1.807) is 18.4 Å². The molecule has 2 rings (SSSR count). The van der Waals surface area contributed by atoms with Gasteiger partial charge in [-0.3, -0.25) is 0 Å². The fourth-order valence-corrected chi connectivity index (χ4v) is 2.77. The van der Waals surface area contributed by atoms with Crippen LogP contribution in [-0.2, 0) is 6.54 Å². The Morgan fingerprint density at radius 3 is 2.60 bits per heavy atom. The molecule has 3 nitrogen and oxygen atoms in total. The number of ether oxygens (including phenoxy) is 1. The van der Waals surface area contributed by atoms with Crippen LogP contribution >= 0.6 is 22.9 Å². The molecule has 1 aromatic carbocycles. The Kier molecular flexibility index (Phi) is 5.71. The smallest absolute Gasteiger partial charge is 0.119 e. The number of aliphatic hydroxyl groups is 1. The molecule has 2 aromatic rings. The number of hydrogen-bond acceptors (Lipinski definition) is 4. The minimum absolute atomic E-state index is 0.233. The van der Waals surface area contributed by atoms with Crippen LogP contribution in [0.3, 0.4) is 0 Å². The number of rotatable bonds is 7. The minimum atomic E-state index is -0.543. The van der Waals surface area contributed by atoms with Crippen molar-refractivity contribution in [1.82, 2.24) is 0 Å². The van der Waals surface area contributed by atoms with Crippen molar-refractivity contribution < 1.29 is 9.84 Å². The van der Waals surface area contributed by atoms with Gasteiger partial charge >= 0.3 is 0 Å². The second-order valence-corrected chi connectivity index (χ2v) is 5.81. The Morgan fingerprint density at radius 2 is 2.05 bits per heavy atom. The van der Waals surface area contributed by atoms with Gasteiger partial charge in [-0.1, -0.05) is 6.07 Å². The summed E-state index contributed by atoms with van der Waals surface area (Å²) in [6, 6.07) is 12.0. The maximum Gasteiger partial charge on any atom is 0.119 e. The molecule has 108 valence electrons. The summed E-state index contributed by atoms with van der Waals surface area (Å²) < 4.78 is 5.17. The van der Waals surface area contributed by atoms with Crippen LogP contribution in [0.25, 0.3) is 0 Å². The van der Waals surface area contributed by atoms with Gasteiger partial charge in [-0.15, -0.1) is 22.9 Å². The van der Waals surface area contributed by atoms with E-state index in [0.29, 0.717) is 6.54 Å². The molecule has 1 N–H and O–H groups in total. The fourth-order valence-electron chi connectivity index (χ4n) is 1.95. The number of alkyl halides is 1. The maximum absolute atomic E-state index is 9.82. The number of nitrogens with zero attached hydrogens (tertiary/aromatic N) is 1. The molecular weight excluding hydrogens is 294 g/mol. The molecule has 5 heteroatoms. The van der Waals surface area contributed by atoms with E-state index >= 15 is 0 Å². The van der Waals surface area contributed by atoms with E-state index in [2.05, 4.69) is 16.3 Å². The van der Waals surface area contributed by atoms with Crippen molar-refractivity contribution in [2.24, 2.45) is 0 Å². The Hall–Kier alpha value is -1.23. The monoisotopic (exact) mass is 311 g/mol. The summed E-state index contributed by atoms with van der Waals surface area (Å²) in [6.07, 6.45) is -0.543. The van der Waals surface area contributed by atoms with Gasteiger partial charge in [0.15, 0.2) is 0 Å². The van der Waals surface area contributed by atoms with Crippen LogP contribution in [0.15, 0.2) is 41.8 Å². The molecule has 1 atom stereocenters. The van der Waals surface area contributed by atoms with Crippen LogP contribution in [0.5, 0.6) is 5.75 Å². The summed E-state index contributed by atoms with van der Waals surface area (Å²) in [5.41, 5.74) is 1.04. The molecule has 1 aromatic heterocycles. The molecule has 0 saturated carbocycles. The lowest BCUT2D eigenvalue weighted by molar-refractivity contribution is 0.203. The molecule has 0 bridgehead atoms. The number of benzene rings is 1. The van der Waals surface area contributed by atoms with Crippen LogP contribution in [0.2, 0.25) is 0 Å². The lowest BCUT2D eigenvalue weighted by Crippen LogP contribution is -2.32. The average Bonchev–Trinajstić information content (AvgIpc) is 2.99. The Bertz CT molecular complexity index is 501. The second-order valence-electron chi connectivity index (χ2n) is 4.47. The zero-order valence-corrected chi connectivity index (χ0v) is 12.9. The fraction of sp³-hybridized carbons (Fsp3) is 0.333. The van der Waals surface area contributed by atoms with Gasteiger partial charge in [0.25, 0.3) is 0 Å². The summed E-state index contributed by atoms with van der Waals surface area (Å²) in [4.78, 5) is 3.38. The highest BCUT2D eigenvalue weighted by Gasteiger charge is 2.13. The quantitative estimate of drug-likeness (QED) is 0.796. The van der Waals surface area contributed by atoms with Crippen LogP contribution in [0.1, 0.15) is 4.88 Å². The normalized spacial score (nSPS) is 12.2. The van der Waals surface area contributed by atoms with Gasteiger partial charge < -0.3 is 14.7 Å². The van der Waals surface area contributed by atoms with Crippen molar-refractivity contribution in [2.45, 2.75) is 12.6 Å². The van der Waals surface area contributed by atoms with E-state index in [4.69, 9.17) is 16.3 Å². The zero-order chi connectivity index (χ0) is 14.4. The first kappa shape index (κ1) is 15.2. The van der Waals surface area contributed by atoms with Gasteiger partial charge in [0, 0.05) is 17.1 Å². The van der Waals surface area contributed by atoms with Crippen molar-refractivity contribution in [3.05, 3.63) is 46.7 Å². The van der Waals surface area contributed by atoms with Crippen molar-refractivity contribution in [3.8, 4) is 5.75 Å². The Balaban J connectivity index is 2.15. The predicted molar refractivity (Wildman–Crippen MR) is 85.1 cm³/mol. The SMILES string of the molecule is COc1ccc(N(Cc2cccs2)CC(O)CCl)cc1. The summed E-state index contributed by atoms with van der Waals surface area (Å²) in [7, 11) is 1.65. The van der Waals surface area contributed by atoms with E-state index in [0.717, 1.165) is 18.0 Å². The van der Waals surface area contributed by atoms with Gasteiger partial charge in [-0.25, -0.2) is 0 Å². The first-order chi connectivity index (χ1) is 9.72. The number of thiophene rings is 1. The summed E-state index contributed by atoms with van der Waals surface area (Å²) >= 11 is 7.43. The van der Waals surface area contributed by atoms with Crippen molar-refractivity contribution in [2.75, 3.05) is 24.4 Å². The molecular formula is C15H18ClNO2S. The number of anilines is 1. The minimum Gasteiger partial charge on any atom is -0.497 e. The van der Waals surface area contributed by atoms with Crippen molar-refractivity contribution in [3.63, 3.8) is 0 Å². The summed E-state index contributed by atoms with van der Waals surface area (Å²) in [6.45, 7) is 1.27. The Morgan fingerprint density at radius 1 is 1.30 bits per heavy atom. The number of hydrogen-bond donors (Lipinski definition) is 1. The predicted octanol–water partition coefficient (Wildman–Crippen LogP) is 3.36. The first-order valence-electron chi connectivity index (χ1n) is 6.38. The molecule has 1 heterocycles. The third-order valence-electron chi connectivity index (χ3n) is 2.97. The van der Waals surface area contributed by atoms with Gasteiger partial charge in [-0.05, 0) is 35.7 Å². The molecule has 1 unspecified atom stereocenters. The topological polar surface area (TPSA) is 32.7 Å². The molecule has 0 radical (unpaired) electrons.